The number of sulfonamides is 1. The van der Waals surface area contributed by atoms with E-state index in [0.29, 0.717) is 17.5 Å². The van der Waals surface area contributed by atoms with Gasteiger partial charge in [-0.3, -0.25) is 0 Å². The molecule has 2 unspecified atom stereocenters. The molecule has 0 aliphatic carbocycles. The highest BCUT2D eigenvalue weighted by atomic mass is 32.2. The molecule has 0 radical (unpaired) electrons. The Bertz CT molecular complexity index is 547. The van der Waals surface area contributed by atoms with Crippen LogP contribution in [0.1, 0.15) is 30.9 Å². The largest absolute Gasteiger partial charge is 0.313 e. The summed E-state index contributed by atoms with van der Waals surface area (Å²) in [5.74, 6) is 0. The van der Waals surface area contributed by atoms with Crippen molar-refractivity contribution in [3.8, 4) is 0 Å². The van der Waals surface area contributed by atoms with E-state index in [1.54, 1.807) is 6.07 Å². The molecule has 1 fully saturated rings. The molecule has 106 valence electrons. The number of rotatable bonds is 3. The van der Waals surface area contributed by atoms with Crippen molar-refractivity contribution in [2.45, 2.75) is 50.6 Å². The lowest BCUT2D eigenvalue weighted by molar-refractivity contribution is 0.366. The van der Waals surface area contributed by atoms with Crippen LogP contribution in [0, 0.1) is 13.8 Å². The summed E-state index contributed by atoms with van der Waals surface area (Å²) in [6.45, 7) is 6.55. The van der Waals surface area contributed by atoms with E-state index in [1.165, 1.54) is 0 Å². The van der Waals surface area contributed by atoms with Gasteiger partial charge in [0.2, 0.25) is 10.0 Å². The molecule has 0 amide bonds. The van der Waals surface area contributed by atoms with Crippen LogP contribution < -0.4 is 10.0 Å². The molecule has 0 bridgehead atoms. The summed E-state index contributed by atoms with van der Waals surface area (Å²) in [6.07, 6.45) is 1.89. The summed E-state index contributed by atoms with van der Waals surface area (Å²) < 4.78 is 27.6. The van der Waals surface area contributed by atoms with Crippen LogP contribution in [0.2, 0.25) is 0 Å². The molecule has 2 atom stereocenters. The minimum atomic E-state index is -3.42. The molecule has 1 aromatic rings. The van der Waals surface area contributed by atoms with E-state index in [9.17, 15) is 8.42 Å². The second-order valence-electron chi connectivity index (χ2n) is 5.47. The number of nitrogens with one attached hydrogen (secondary N) is 2. The Morgan fingerprint density at radius 2 is 2.00 bits per heavy atom. The van der Waals surface area contributed by atoms with Gasteiger partial charge in [-0.2, -0.15) is 0 Å². The van der Waals surface area contributed by atoms with E-state index in [2.05, 4.69) is 17.0 Å². The van der Waals surface area contributed by atoms with Gasteiger partial charge < -0.3 is 5.32 Å². The zero-order chi connectivity index (χ0) is 14.0. The molecule has 0 saturated carbocycles. The maximum Gasteiger partial charge on any atom is 0.241 e. The number of hydrogen-bond donors (Lipinski definition) is 2. The van der Waals surface area contributed by atoms with Crippen LogP contribution in [-0.4, -0.2) is 27.0 Å². The monoisotopic (exact) mass is 282 g/mol. The third kappa shape index (κ3) is 3.55. The van der Waals surface area contributed by atoms with E-state index < -0.39 is 10.0 Å². The van der Waals surface area contributed by atoms with Gasteiger partial charge in [-0.1, -0.05) is 12.1 Å². The molecule has 4 nitrogen and oxygen atoms in total. The third-order valence-corrected chi connectivity index (χ3v) is 5.28. The molecule has 2 rings (SSSR count). The molecule has 1 heterocycles. The average molecular weight is 282 g/mol. The molecule has 1 aromatic carbocycles. The standard InChI is InChI=1S/C14H22N2O2S/c1-10-4-5-11(2)14(8-10)19(17,18)16-13-7-6-12(3)15-9-13/h4-5,8,12-13,15-16H,6-7,9H2,1-3H3. The average Bonchev–Trinajstić information content (AvgIpc) is 2.35. The molecule has 1 saturated heterocycles. The minimum Gasteiger partial charge on any atom is -0.313 e. The summed E-state index contributed by atoms with van der Waals surface area (Å²) in [7, 11) is -3.42. The lowest BCUT2D eigenvalue weighted by Gasteiger charge is -2.28. The Hall–Kier alpha value is -0.910. The van der Waals surface area contributed by atoms with Crippen molar-refractivity contribution in [1.29, 1.82) is 0 Å². The fraction of sp³-hybridized carbons (Fsp3) is 0.571. The van der Waals surface area contributed by atoms with Crippen LogP contribution in [0.4, 0.5) is 0 Å². The zero-order valence-electron chi connectivity index (χ0n) is 11.7. The zero-order valence-corrected chi connectivity index (χ0v) is 12.5. The third-order valence-electron chi connectivity index (χ3n) is 3.62. The first-order chi connectivity index (χ1) is 8.88. The van der Waals surface area contributed by atoms with Gasteiger partial charge in [-0.15, -0.1) is 0 Å². The van der Waals surface area contributed by atoms with Gasteiger partial charge in [0.1, 0.15) is 0 Å². The Balaban J connectivity index is 2.16. The first-order valence-electron chi connectivity index (χ1n) is 6.71. The minimum absolute atomic E-state index is 0.0129. The first-order valence-corrected chi connectivity index (χ1v) is 8.20. The Morgan fingerprint density at radius 1 is 1.26 bits per heavy atom. The summed E-state index contributed by atoms with van der Waals surface area (Å²) in [5.41, 5.74) is 1.75. The topological polar surface area (TPSA) is 58.2 Å². The highest BCUT2D eigenvalue weighted by Gasteiger charge is 2.24. The Kier molecular flexibility index (Phi) is 4.28. The number of aryl methyl sites for hydroxylation is 2. The van der Waals surface area contributed by atoms with E-state index in [1.807, 2.05) is 26.0 Å². The maximum absolute atomic E-state index is 12.4. The fourth-order valence-corrected chi connectivity index (χ4v) is 3.98. The van der Waals surface area contributed by atoms with Crippen molar-refractivity contribution in [3.63, 3.8) is 0 Å². The van der Waals surface area contributed by atoms with Crippen LogP contribution in [0.15, 0.2) is 23.1 Å². The summed E-state index contributed by atoms with van der Waals surface area (Å²) >= 11 is 0. The molecular formula is C14H22N2O2S. The molecule has 0 aromatic heterocycles. The van der Waals surface area contributed by atoms with Crippen LogP contribution in [0.5, 0.6) is 0 Å². The van der Waals surface area contributed by atoms with Gasteiger partial charge in [0.25, 0.3) is 0 Å². The van der Waals surface area contributed by atoms with Gasteiger partial charge >= 0.3 is 0 Å². The van der Waals surface area contributed by atoms with Crippen molar-refractivity contribution in [2.24, 2.45) is 0 Å². The summed E-state index contributed by atoms with van der Waals surface area (Å²) in [4.78, 5) is 0.395. The van der Waals surface area contributed by atoms with E-state index in [4.69, 9.17) is 0 Å². The van der Waals surface area contributed by atoms with Gasteiger partial charge in [0.15, 0.2) is 0 Å². The predicted octanol–water partition coefficient (Wildman–Crippen LogP) is 1.72. The summed E-state index contributed by atoms with van der Waals surface area (Å²) in [5, 5.41) is 3.31. The van der Waals surface area contributed by atoms with Crippen molar-refractivity contribution in [3.05, 3.63) is 29.3 Å². The first kappa shape index (κ1) is 14.5. The number of benzene rings is 1. The SMILES string of the molecule is Cc1ccc(C)c(S(=O)(=O)NC2CCC(C)NC2)c1. The lowest BCUT2D eigenvalue weighted by atomic mass is 10.0. The van der Waals surface area contributed by atoms with E-state index in [0.717, 1.165) is 24.0 Å². The lowest BCUT2D eigenvalue weighted by Crippen LogP contribution is -2.48. The van der Waals surface area contributed by atoms with Gasteiger partial charge in [-0.25, -0.2) is 13.1 Å². The second-order valence-corrected chi connectivity index (χ2v) is 7.16. The van der Waals surface area contributed by atoms with Crippen molar-refractivity contribution in [1.82, 2.24) is 10.0 Å². The van der Waals surface area contributed by atoms with Crippen molar-refractivity contribution in [2.75, 3.05) is 6.54 Å². The Labute approximate surface area is 115 Å². The van der Waals surface area contributed by atoms with Crippen LogP contribution in [-0.2, 0) is 10.0 Å². The van der Waals surface area contributed by atoms with E-state index >= 15 is 0 Å². The Morgan fingerprint density at radius 3 is 2.63 bits per heavy atom. The van der Waals surface area contributed by atoms with E-state index in [-0.39, 0.29) is 6.04 Å². The second kappa shape index (κ2) is 5.61. The molecular weight excluding hydrogens is 260 g/mol. The molecule has 1 aliphatic heterocycles. The van der Waals surface area contributed by atoms with Gasteiger partial charge in [-0.05, 0) is 50.8 Å². The summed E-state index contributed by atoms with van der Waals surface area (Å²) in [6, 6.07) is 5.97. The molecule has 19 heavy (non-hydrogen) atoms. The van der Waals surface area contributed by atoms with Gasteiger partial charge in [0, 0.05) is 18.6 Å². The number of piperidine rings is 1. The molecule has 2 N–H and O–H groups in total. The highest BCUT2D eigenvalue weighted by Crippen LogP contribution is 2.18. The van der Waals surface area contributed by atoms with Crippen LogP contribution in [0.25, 0.3) is 0 Å². The predicted molar refractivity (Wildman–Crippen MR) is 76.7 cm³/mol. The number of hydrogen-bond acceptors (Lipinski definition) is 3. The molecule has 1 aliphatic rings. The fourth-order valence-electron chi connectivity index (χ4n) is 2.38. The molecule has 5 heteroatoms. The van der Waals surface area contributed by atoms with Crippen molar-refractivity contribution >= 4 is 10.0 Å². The van der Waals surface area contributed by atoms with Crippen LogP contribution in [0.3, 0.4) is 0 Å². The normalized spacial score (nSPS) is 24.4. The van der Waals surface area contributed by atoms with Crippen LogP contribution >= 0.6 is 0 Å². The van der Waals surface area contributed by atoms with Gasteiger partial charge in [0.05, 0.1) is 4.90 Å². The smallest absolute Gasteiger partial charge is 0.241 e. The highest BCUT2D eigenvalue weighted by molar-refractivity contribution is 7.89. The quantitative estimate of drug-likeness (QED) is 0.887. The van der Waals surface area contributed by atoms with Crippen molar-refractivity contribution < 1.29 is 8.42 Å². The maximum atomic E-state index is 12.4. The molecule has 0 spiro atoms.